The number of piperidine rings is 1. The van der Waals surface area contributed by atoms with Gasteiger partial charge < -0.3 is 20.9 Å². The third kappa shape index (κ3) is 3.96. The summed E-state index contributed by atoms with van der Waals surface area (Å²) in [5.41, 5.74) is 5.20. The Labute approximate surface area is 129 Å². The van der Waals surface area contributed by atoms with Crippen molar-refractivity contribution in [3.05, 3.63) is 0 Å². The Hall–Kier alpha value is -0.650. The largest absolute Gasteiger partial charge is 0.368 e. The van der Waals surface area contributed by atoms with Crippen molar-refractivity contribution in [3.63, 3.8) is 0 Å². The maximum atomic E-state index is 11.9. The summed E-state index contributed by atoms with van der Waals surface area (Å²) in [6.07, 6.45) is 5.42. The molecule has 0 aromatic carbocycles. The zero-order chi connectivity index (χ0) is 15.5. The van der Waals surface area contributed by atoms with E-state index in [0.717, 1.165) is 31.7 Å². The average molecular weight is 296 g/mol. The van der Waals surface area contributed by atoms with Gasteiger partial charge in [-0.25, -0.2) is 0 Å². The first kappa shape index (κ1) is 16.7. The van der Waals surface area contributed by atoms with Crippen LogP contribution in [0, 0.1) is 5.92 Å². The number of nitrogens with two attached hydrogens (primary N) is 1. The number of primary amides is 1. The molecular formula is C16H32N4O. The minimum Gasteiger partial charge on any atom is -0.368 e. The molecule has 2 unspecified atom stereocenters. The Kier molecular flexibility index (Phi) is 5.63. The van der Waals surface area contributed by atoms with Gasteiger partial charge in [0.1, 0.15) is 0 Å². The molecule has 1 amide bonds. The Morgan fingerprint density at radius 2 is 2.00 bits per heavy atom. The van der Waals surface area contributed by atoms with Crippen LogP contribution in [-0.4, -0.2) is 67.6 Å². The summed E-state index contributed by atoms with van der Waals surface area (Å²) in [5.74, 6) is 0.654. The van der Waals surface area contributed by atoms with Crippen LogP contribution in [0.3, 0.4) is 0 Å². The zero-order valence-electron chi connectivity index (χ0n) is 13.9. The molecule has 0 spiro atoms. The lowest BCUT2D eigenvalue weighted by Gasteiger charge is -2.37. The van der Waals surface area contributed by atoms with E-state index >= 15 is 0 Å². The van der Waals surface area contributed by atoms with Crippen LogP contribution in [0.2, 0.25) is 0 Å². The van der Waals surface area contributed by atoms with Crippen LogP contribution < -0.4 is 11.1 Å². The first-order valence-electron chi connectivity index (χ1n) is 8.40. The number of likely N-dealkylation sites (N-methyl/N-ethyl adjacent to an activating group) is 1. The van der Waals surface area contributed by atoms with Crippen molar-refractivity contribution in [1.82, 2.24) is 15.1 Å². The molecule has 2 aliphatic rings. The number of carbonyl (C=O) groups excluding carboxylic acids is 1. The zero-order valence-corrected chi connectivity index (χ0v) is 13.9. The maximum Gasteiger partial charge on any atom is 0.237 e. The molecule has 0 aromatic heterocycles. The van der Waals surface area contributed by atoms with Gasteiger partial charge in [-0.3, -0.25) is 4.79 Å². The standard InChI is InChI=1S/C16H32N4O/c1-4-18-16(15(17)21)8-5-14(11-16)20-9-6-13(7-10-20)12-19(2)3/h13-14,18H,4-12H2,1-3H3,(H2,17,21). The van der Waals surface area contributed by atoms with Crippen LogP contribution in [-0.2, 0) is 4.79 Å². The van der Waals surface area contributed by atoms with Crippen LogP contribution in [0.1, 0.15) is 39.0 Å². The molecular weight excluding hydrogens is 264 g/mol. The quantitative estimate of drug-likeness (QED) is 0.755. The molecule has 1 saturated heterocycles. The fraction of sp³-hybridized carbons (Fsp3) is 0.938. The van der Waals surface area contributed by atoms with Gasteiger partial charge >= 0.3 is 0 Å². The van der Waals surface area contributed by atoms with E-state index in [2.05, 4.69) is 29.2 Å². The monoisotopic (exact) mass is 296 g/mol. The van der Waals surface area contributed by atoms with E-state index in [1.54, 1.807) is 0 Å². The third-order valence-electron chi connectivity index (χ3n) is 5.26. The van der Waals surface area contributed by atoms with E-state index < -0.39 is 5.54 Å². The molecule has 5 heteroatoms. The first-order chi connectivity index (χ1) is 9.97. The van der Waals surface area contributed by atoms with Crippen LogP contribution in [0.25, 0.3) is 0 Å². The number of nitrogens with zero attached hydrogens (tertiary/aromatic N) is 2. The van der Waals surface area contributed by atoms with Crippen molar-refractivity contribution >= 4 is 5.91 Å². The van der Waals surface area contributed by atoms with E-state index in [4.69, 9.17) is 5.73 Å². The molecule has 21 heavy (non-hydrogen) atoms. The van der Waals surface area contributed by atoms with Crippen LogP contribution >= 0.6 is 0 Å². The van der Waals surface area contributed by atoms with Gasteiger partial charge in [0.25, 0.3) is 0 Å². The highest BCUT2D eigenvalue weighted by atomic mass is 16.1. The van der Waals surface area contributed by atoms with Crippen LogP contribution in [0.5, 0.6) is 0 Å². The number of nitrogens with one attached hydrogen (secondary N) is 1. The second-order valence-electron chi connectivity index (χ2n) is 7.11. The molecule has 0 bridgehead atoms. The van der Waals surface area contributed by atoms with E-state index in [1.807, 2.05) is 6.92 Å². The Morgan fingerprint density at radius 3 is 2.52 bits per heavy atom. The molecule has 122 valence electrons. The van der Waals surface area contributed by atoms with E-state index in [9.17, 15) is 4.79 Å². The van der Waals surface area contributed by atoms with E-state index in [-0.39, 0.29) is 5.91 Å². The predicted octanol–water partition coefficient (Wildman–Crippen LogP) is 0.646. The summed E-state index contributed by atoms with van der Waals surface area (Å²) in [6.45, 7) is 6.39. The van der Waals surface area contributed by atoms with Gasteiger partial charge in [-0.15, -0.1) is 0 Å². The summed E-state index contributed by atoms with van der Waals surface area (Å²) >= 11 is 0. The summed E-state index contributed by atoms with van der Waals surface area (Å²) in [7, 11) is 4.31. The van der Waals surface area contributed by atoms with Crippen molar-refractivity contribution < 1.29 is 4.79 Å². The summed E-state index contributed by atoms with van der Waals surface area (Å²) < 4.78 is 0. The molecule has 1 aliphatic heterocycles. The molecule has 2 fully saturated rings. The van der Waals surface area contributed by atoms with Crippen LogP contribution in [0.15, 0.2) is 0 Å². The van der Waals surface area contributed by atoms with E-state index in [1.165, 1.54) is 32.5 Å². The van der Waals surface area contributed by atoms with Gasteiger partial charge in [0.15, 0.2) is 0 Å². The molecule has 0 aromatic rings. The minimum atomic E-state index is -0.458. The second kappa shape index (κ2) is 7.07. The van der Waals surface area contributed by atoms with E-state index in [0.29, 0.717) is 6.04 Å². The molecule has 5 nitrogen and oxygen atoms in total. The number of hydrogen-bond donors (Lipinski definition) is 2. The topological polar surface area (TPSA) is 61.6 Å². The first-order valence-corrected chi connectivity index (χ1v) is 8.40. The average Bonchev–Trinajstić information content (AvgIpc) is 2.85. The highest BCUT2D eigenvalue weighted by Gasteiger charge is 2.45. The SMILES string of the molecule is CCNC1(C(N)=O)CCC(N2CCC(CN(C)C)CC2)C1. The number of carbonyl (C=O) groups is 1. The molecule has 1 saturated carbocycles. The minimum absolute atomic E-state index is 0.172. The second-order valence-corrected chi connectivity index (χ2v) is 7.11. The van der Waals surface area contributed by atoms with Crippen LogP contribution in [0.4, 0.5) is 0 Å². The molecule has 1 aliphatic carbocycles. The highest BCUT2D eigenvalue weighted by Crippen LogP contribution is 2.35. The normalized spacial score (nSPS) is 31.9. The lowest BCUT2D eigenvalue weighted by molar-refractivity contribution is -0.124. The lowest BCUT2D eigenvalue weighted by Crippen LogP contribution is -2.54. The molecule has 1 heterocycles. The highest BCUT2D eigenvalue weighted by molar-refractivity contribution is 5.85. The molecule has 2 atom stereocenters. The molecule has 2 rings (SSSR count). The summed E-state index contributed by atoms with van der Waals surface area (Å²) in [6, 6.07) is 0.525. The van der Waals surface area contributed by atoms with Crippen molar-refractivity contribution in [2.75, 3.05) is 40.3 Å². The fourth-order valence-electron chi connectivity index (χ4n) is 4.16. The van der Waals surface area contributed by atoms with Gasteiger partial charge in [-0.2, -0.15) is 0 Å². The van der Waals surface area contributed by atoms with Crippen molar-refractivity contribution in [2.24, 2.45) is 11.7 Å². The smallest absolute Gasteiger partial charge is 0.237 e. The van der Waals surface area contributed by atoms with Crippen molar-refractivity contribution in [1.29, 1.82) is 0 Å². The predicted molar refractivity (Wildman–Crippen MR) is 86.1 cm³/mol. The van der Waals surface area contributed by atoms with Gasteiger partial charge in [0.2, 0.25) is 5.91 Å². The Morgan fingerprint density at radius 1 is 1.33 bits per heavy atom. The summed E-state index contributed by atoms with van der Waals surface area (Å²) in [5, 5.41) is 3.35. The maximum absolute atomic E-state index is 11.9. The molecule has 3 N–H and O–H groups in total. The Balaban J connectivity index is 1.86. The number of rotatable bonds is 6. The fourth-order valence-corrected chi connectivity index (χ4v) is 4.16. The number of hydrogen-bond acceptors (Lipinski definition) is 4. The van der Waals surface area contributed by atoms with Gasteiger partial charge in [-0.1, -0.05) is 6.92 Å². The van der Waals surface area contributed by atoms with Crippen molar-refractivity contribution in [2.45, 2.75) is 50.6 Å². The van der Waals surface area contributed by atoms with Gasteiger partial charge in [0, 0.05) is 12.6 Å². The number of amides is 1. The molecule has 0 radical (unpaired) electrons. The number of likely N-dealkylation sites (tertiary alicyclic amines) is 1. The Bertz CT molecular complexity index is 352. The van der Waals surface area contributed by atoms with Gasteiger partial charge in [0.05, 0.1) is 5.54 Å². The van der Waals surface area contributed by atoms with Crippen molar-refractivity contribution in [3.8, 4) is 0 Å². The third-order valence-corrected chi connectivity index (χ3v) is 5.26. The lowest BCUT2D eigenvalue weighted by atomic mass is 9.93. The summed E-state index contributed by atoms with van der Waals surface area (Å²) in [4.78, 5) is 16.7. The van der Waals surface area contributed by atoms with Gasteiger partial charge in [-0.05, 0) is 71.8 Å².